The molecular weight excluding hydrogens is 204 g/mol. The normalized spacial score (nSPS) is 12.9. The summed E-state index contributed by atoms with van der Waals surface area (Å²) in [6.07, 6.45) is 5.48. The Kier molecular flexibility index (Phi) is 3.49. The molecule has 0 radical (unpaired) electrons. The van der Waals surface area contributed by atoms with Crippen LogP contribution in [0.3, 0.4) is 0 Å². The summed E-state index contributed by atoms with van der Waals surface area (Å²) in [5.74, 6) is 0. The van der Waals surface area contributed by atoms with Gasteiger partial charge in [0.05, 0.1) is 0 Å². The lowest BCUT2D eigenvalue weighted by Crippen LogP contribution is -2.02. The van der Waals surface area contributed by atoms with Gasteiger partial charge in [0.25, 0.3) is 0 Å². The zero-order chi connectivity index (χ0) is 8.10. The molecule has 0 aliphatic rings. The van der Waals surface area contributed by atoms with Gasteiger partial charge in [-0.25, -0.2) is 9.97 Å². The zero-order valence-electron chi connectivity index (χ0n) is 6.50. The Bertz CT molecular complexity index is 201. The molecular formula is C8H11BrN2. The summed E-state index contributed by atoms with van der Waals surface area (Å²) in [7, 11) is 0. The van der Waals surface area contributed by atoms with E-state index in [9.17, 15) is 0 Å². The average Bonchev–Trinajstić information content (AvgIpc) is 2.06. The highest BCUT2D eigenvalue weighted by Gasteiger charge is 2.02. The standard InChI is InChI=1S/C8H11BrN2/c1-2-7(9)5-8-3-4-10-6-11-8/h3-4,6-7H,2,5H2,1H3. The summed E-state index contributed by atoms with van der Waals surface area (Å²) in [6.45, 7) is 2.15. The molecule has 0 saturated heterocycles. The largest absolute Gasteiger partial charge is 0.245 e. The van der Waals surface area contributed by atoms with E-state index in [1.807, 2.05) is 6.07 Å². The van der Waals surface area contributed by atoms with Crippen LogP contribution in [0.25, 0.3) is 0 Å². The van der Waals surface area contributed by atoms with Crippen LogP contribution in [0.4, 0.5) is 0 Å². The zero-order valence-corrected chi connectivity index (χ0v) is 8.08. The number of aromatic nitrogens is 2. The molecule has 0 fully saturated rings. The predicted molar refractivity (Wildman–Crippen MR) is 48.7 cm³/mol. The lowest BCUT2D eigenvalue weighted by molar-refractivity contribution is 0.804. The summed E-state index contributed by atoms with van der Waals surface area (Å²) < 4.78 is 0. The quantitative estimate of drug-likeness (QED) is 0.722. The fourth-order valence-electron chi connectivity index (χ4n) is 0.810. The molecule has 1 unspecified atom stereocenters. The van der Waals surface area contributed by atoms with Crippen LogP contribution in [0.2, 0.25) is 0 Å². The van der Waals surface area contributed by atoms with Crippen LogP contribution in [0.5, 0.6) is 0 Å². The number of alkyl halides is 1. The van der Waals surface area contributed by atoms with Crippen molar-refractivity contribution in [2.75, 3.05) is 0 Å². The van der Waals surface area contributed by atoms with Crippen LogP contribution in [-0.4, -0.2) is 14.8 Å². The molecule has 11 heavy (non-hydrogen) atoms. The Hall–Kier alpha value is -0.440. The minimum absolute atomic E-state index is 0.539. The van der Waals surface area contributed by atoms with Gasteiger partial charge in [0.2, 0.25) is 0 Å². The van der Waals surface area contributed by atoms with Crippen molar-refractivity contribution in [3.63, 3.8) is 0 Å². The average molecular weight is 215 g/mol. The van der Waals surface area contributed by atoms with E-state index < -0.39 is 0 Å². The maximum atomic E-state index is 4.13. The SMILES string of the molecule is CCC(Br)Cc1ccncn1. The molecule has 1 heterocycles. The van der Waals surface area contributed by atoms with Gasteiger partial charge >= 0.3 is 0 Å². The van der Waals surface area contributed by atoms with E-state index in [0.717, 1.165) is 18.5 Å². The van der Waals surface area contributed by atoms with E-state index in [2.05, 4.69) is 32.8 Å². The van der Waals surface area contributed by atoms with Gasteiger partial charge < -0.3 is 0 Å². The summed E-state index contributed by atoms with van der Waals surface area (Å²) in [6, 6.07) is 1.95. The molecule has 0 spiro atoms. The Labute approximate surface area is 75.2 Å². The topological polar surface area (TPSA) is 25.8 Å². The van der Waals surface area contributed by atoms with Crippen molar-refractivity contribution in [3.05, 3.63) is 24.3 Å². The number of hydrogen-bond donors (Lipinski definition) is 0. The van der Waals surface area contributed by atoms with E-state index in [-0.39, 0.29) is 0 Å². The molecule has 60 valence electrons. The summed E-state index contributed by atoms with van der Waals surface area (Å²) >= 11 is 3.55. The number of nitrogens with zero attached hydrogens (tertiary/aromatic N) is 2. The van der Waals surface area contributed by atoms with E-state index >= 15 is 0 Å². The second-order valence-corrected chi connectivity index (χ2v) is 3.71. The molecule has 0 N–H and O–H groups in total. The number of hydrogen-bond acceptors (Lipinski definition) is 2. The van der Waals surface area contributed by atoms with E-state index in [0.29, 0.717) is 4.83 Å². The van der Waals surface area contributed by atoms with Crippen LogP contribution < -0.4 is 0 Å². The van der Waals surface area contributed by atoms with Crippen molar-refractivity contribution >= 4 is 15.9 Å². The Morgan fingerprint density at radius 1 is 1.64 bits per heavy atom. The van der Waals surface area contributed by atoms with Crippen molar-refractivity contribution in [2.24, 2.45) is 0 Å². The van der Waals surface area contributed by atoms with Gasteiger partial charge in [-0.2, -0.15) is 0 Å². The lowest BCUT2D eigenvalue weighted by Gasteiger charge is -2.03. The number of halogens is 1. The highest BCUT2D eigenvalue weighted by Crippen LogP contribution is 2.09. The summed E-state index contributed by atoms with van der Waals surface area (Å²) in [5.41, 5.74) is 1.10. The van der Waals surface area contributed by atoms with Crippen LogP contribution in [-0.2, 0) is 6.42 Å². The molecule has 0 saturated carbocycles. The van der Waals surface area contributed by atoms with Gasteiger partial charge in [-0.3, -0.25) is 0 Å². The van der Waals surface area contributed by atoms with Crippen molar-refractivity contribution in [1.82, 2.24) is 9.97 Å². The first-order valence-corrected chi connectivity index (χ1v) is 4.63. The van der Waals surface area contributed by atoms with E-state index in [4.69, 9.17) is 0 Å². The fraction of sp³-hybridized carbons (Fsp3) is 0.500. The Balaban J connectivity index is 2.51. The predicted octanol–water partition coefficient (Wildman–Crippen LogP) is 2.19. The first kappa shape index (κ1) is 8.65. The first-order chi connectivity index (χ1) is 5.33. The molecule has 0 aliphatic heterocycles. The summed E-state index contributed by atoms with van der Waals surface area (Å²) in [5, 5.41) is 0. The molecule has 3 heteroatoms. The smallest absolute Gasteiger partial charge is 0.115 e. The minimum atomic E-state index is 0.539. The molecule has 0 amide bonds. The van der Waals surface area contributed by atoms with Crippen molar-refractivity contribution in [3.8, 4) is 0 Å². The third kappa shape index (κ3) is 2.97. The van der Waals surface area contributed by atoms with Crippen molar-refractivity contribution < 1.29 is 0 Å². The maximum absolute atomic E-state index is 4.13. The van der Waals surface area contributed by atoms with Gasteiger partial charge in [0, 0.05) is 23.1 Å². The van der Waals surface area contributed by atoms with Crippen LogP contribution >= 0.6 is 15.9 Å². The Morgan fingerprint density at radius 2 is 2.45 bits per heavy atom. The fourth-order valence-corrected chi connectivity index (χ4v) is 1.14. The minimum Gasteiger partial charge on any atom is -0.245 e. The number of rotatable bonds is 3. The maximum Gasteiger partial charge on any atom is 0.115 e. The highest BCUT2D eigenvalue weighted by atomic mass is 79.9. The molecule has 1 aromatic rings. The van der Waals surface area contributed by atoms with E-state index in [1.54, 1.807) is 12.5 Å². The second kappa shape index (κ2) is 4.44. The van der Waals surface area contributed by atoms with Gasteiger partial charge in [-0.05, 0) is 12.5 Å². The van der Waals surface area contributed by atoms with Crippen LogP contribution in [0.15, 0.2) is 18.6 Å². The highest BCUT2D eigenvalue weighted by molar-refractivity contribution is 9.09. The molecule has 1 aromatic heterocycles. The molecule has 1 atom stereocenters. The monoisotopic (exact) mass is 214 g/mol. The molecule has 0 aliphatic carbocycles. The third-order valence-electron chi connectivity index (χ3n) is 1.52. The van der Waals surface area contributed by atoms with Gasteiger partial charge in [0.15, 0.2) is 0 Å². The van der Waals surface area contributed by atoms with Gasteiger partial charge in [0.1, 0.15) is 6.33 Å². The lowest BCUT2D eigenvalue weighted by atomic mass is 10.2. The molecule has 2 nitrogen and oxygen atoms in total. The van der Waals surface area contributed by atoms with Crippen molar-refractivity contribution in [1.29, 1.82) is 0 Å². The van der Waals surface area contributed by atoms with Gasteiger partial charge in [-0.15, -0.1) is 0 Å². The van der Waals surface area contributed by atoms with E-state index in [1.165, 1.54) is 0 Å². The molecule has 0 bridgehead atoms. The van der Waals surface area contributed by atoms with Crippen molar-refractivity contribution in [2.45, 2.75) is 24.6 Å². The Morgan fingerprint density at radius 3 is 3.00 bits per heavy atom. The second-order valence-electron chi connectivity index (χ2n) is 2.41. The summed E-state index contributed by atoms with van der Waals surface area (Å²) in [4.78, 5) is 8.52. The molecule has 1 rings (SSSR count). The van der Waals surface area contributed by atoms with Crippen LogP contribution in [0.1, 0.15) is 19.0 Å². The van der Waals surface area contributed by atoms with Gasteiger partial charge in [-0.1, -0.05) is 22.9 Å². The van der Waals surface area contributed by atoms with Crippen LogP contribution in [0, 0.1) is 0 Å². The molecule has 0 aromatic carbocycles. The first-order valence-electron chi connectivity index (χ1n) is 3.72. The third-order valence-corrected chi connectivity index (χ3v) is 2.49.